The van der Waals surface area contributed by atoms with Crippen molar-refractivity contribution in [1.82, 2.24) is 4.90 Å². The molecule has 3 aliphatic rings. The molecule has 2 aliphatic carbocycles. The van der Waals surface area contributed by atoms with E-state index in [1.807, 2.05) is 29.2 Å². The summed E-state index contributed by atoms with van der Waals surface area (Å²) in [5, 5.41) is 2.91. The Balaban J connectivity index is 1.44. The number of rotatable bonds is 3. The lowest BCUT2D eigenvalue weighted by atomic mass is 9.89. The number of anilines is 1. The number of benzene rings is 1. The van der Waals surface area contributed by atoms with E-state index in [0.29, 0.717) is 18.7 Å². The second-order valence-corrected chi connectivity index (χ2v) is 7.10. The van der Waals surface area contributed by atoms with Crippen LogP contribution in [0.2, 0.25) is 0 Å². The van der Waals surface area contributed by atoms with Crippen molar-refractivity contribution in [1.29, 1.82) is 0 Å². The second kappa shape index (κ2) is 6.55. The van der Waals surface area contributed by atoms with Gasteiger partial charge in [-0.2, -0.15) is 0 Å². The van der Waals surface area contributed by atoms with Gasteiger partial charge in [-0.15, -0.1) is 0 Å². The Morgan fingerprint density at radius 1 is 1.04 bits per heavy atom. The summed E-state index contributed by atoms with van der Waals surface area (Å²) < 4.78 is 5.85. The van der Waals surface area contributed by atoms with E-state index in [2.05, 4.69) is 5.32 Å². The minimum Gasteiger partial charge on any atom is -0.374 e. The summed E-state index contributed by atoms with van der Waals surface area (Å²) in [4.78, 5) is 26.7. The number of hydrogen-bond acceptors (Lipinski definition) is 3. The van der Waals surface area contributed by atoms with Crippen LogP contribution in [-0.4, -0.2) is 42.0 Å². The highest BCUT2D eigenvalue weighted by Gasteiger charge is 2.37. The Bertz CT molecular complexity index is 622. The van der Waals surface area contributed by atoms with E-state index in [1.165, 1.54) is 12.8 Å². The monoisotopic (exact) mass is 328 g/mol. The quantitative estimate of drug-likeness (QED) is 0.928. The molecule has 5 heteroatoms. The zero-order valence-corrected chi connectivity index (χ0v) is 13.9. The van der Waals surface area contributed by atoms with Crippen LogP contribution in [0.4, 0.5) is 5.69 Å². The molecule has 1 heterocycles. The fraction of sp³-hybridized carbons (Fsp3) is 0.579. The third-order valence-electron chi connectivity index (χ3n) is 5.34. The molecule has 0 unspecified atom stereocenters. The van der Waals surface area contributed by atoms with Crippen molar-refractivity contribution in [2.75, 3.05) is 18.5 Å². The molecule has 1 saturated heterocycles. The summed E-state index contributed by atoms with van der Waals surface area (Å²) in [7, 11) is 0. The van der Waals surface area contributed by atoms with E-state index >= 15 is 0 Å². The Morgan fingerprint density at radius 3 is 2.54 bits per heavy atom. The molecule has 1 aromatic carbocycles. The SMILES string of the molecule is O=C(Nc1ccc(C(=O)N2CCO[C@@H]3CCCC[C@H]32)cc1)C1CC1. The summed E-state index contributed by atoms with van der Waals surface area (Å²) in [5.41, 5.74) is 1.45. The Kier molecular flexibility index (Phi) is 4.27. The predicted octanol–water partition coefficient (Wildman–Crippen LogP) is 2.82. The van der Waals surface area contributed by atoms with Crippen LogP contribution in [-0.2, 0) is 9.53 Å². The molecule has 1 aromatic rings. The largest absolute Gasteiger partial charge is 0.374 e. The number of morpholine rings is 1. The van der Waals surface area contributed by atoms with E-state index in [9.17, 15) is 9.59 Å². The number of fused-ring (bicyclic) bond motifs is 1. The first-order chi connectivity index (χ1) is 11.7. The van der Waals surface area contributed by atoms with E-state index in [-0.39, 0.29) is 29.9 Å². The summed E-state index contributed by atoms with van der Waals surface area (Å²) in [6, 6.07) is 7.50. The fourth-order valence-electron chi connectivity index (χ4n) is 3.80. The maximum Gasteiger partial charge on any atom is 0.254 e. The highest BCUT2D eigenvalue weighted by Crippen LogP contribution is 2.31. The van der Waals surface area contributed by atoms with Gasteiger partial charge in [0.1, 0.15) is 0 Å². The lowest BCUT2D eigenvalue weighted by Crippen LogP contribution is -2.54. The van der Waals surface area contributed by atoms with Crippen LogP contribution in [0.3, 0.4) is 0 Å². The van der Waals surface area contributed by atoms with Crippen LogP contribution in [0.1, 0.15) is 48.9 Å². The molecule has 4 rings (SSSR count). The smallest absolute Gasteiger partial charge is 0.254 e. The van der Waals surface area contributed by atoms with Gasteiger partial charge in [0, 0.05) is 23.7 Å². The average Bonchev–Trinajstić information content (AvgIpc) is 3.46. The predicted molar refractivity (Wildman–Crippen MR) is 90.8 cm³/mol. The van der Waals surface area contributed by atoms with Crippen LogP contribution in [0.5, 0.6) is 0 Å². The van der Waals surface area contributed by atoms with E-state index in [1.54, 1.807) is 0 Å². The molecule has 0 bridgehead atoms. The van der Waals surface area contributed by atoms with Crippen LogP contribution >= 0.6 is 0 Å². The van der Waals surface area contributed by atoms with Crippen molar-refractivity contribution in [3.8, 4) is 0 Å². The van der Waals surface area contributed by atoms with Gasteiger partial charge in [-0.1, -0.05) is 12.8 Å². The molecule has 3 fully saturated rings. The first-order valence-corrected chi connectivity index (χ1v) is 9.06. The van der Waals surface area contributed by atoms with Crippen molar-refractivity contribution < 1.29 is 14.3 Å². The first-order valence-electron chi connectivity index (χ1n) is 9.06. The number of carbonyl (C=O) groups is 2. The number of carbonyl (C=O) groups excluding carboxylic acids is 2. The van der Waals surface area contributed by atoms with Gasteiger partial charge in [-0.3, -0.25) is 9.59 Å². The van der Waals surface area contributed by atoms with Crippen molar-refractivity contribution >= 4 is 17.5 Å². The van der Waals surface area contributed by atoms with Crippen molar-refractivity contribution in [2.24, 2.45) is 5.92 Å². The van der Waals surface area contributed by atoms with Crippen LogP contribution < -0.4 is 5.32 Å². The Hall–Kier alpha value is -1.88. The summed E-state index contributed by atoms with van der Waals surface area (Å²) in [6.07, 6.45) is 6.63. The molecule has 2 amide bonds. The number of nitrogens with one attached hydrogen (secondary N) is 1. The van der Waals surface area contributed by atoms with Gasteiger partial charge >= 0.3 is 0 Å². The fourth-order valence-corrected chi connectivity index (χ4v) is 3.80. The topological polar surface area (TPSA) is 58.6 Å². The number of amides is 2. The first kappa shape index (κ1) is 15.6. The minimum atomic E-state index is 0.0790. The molecule has 0 aromatic heterocycles. The Morgan fingerprint density at radius 2 is 1.79 bits per heavy atom. The summed E-state index contributed by atoms with van der Waals surface area (Å²) in [5.74, 6) is 0.352. The molecular weight excluding hydrogens is 304 g/mol. The zero-order chi connectivity index (χ0) is 16.5. The zero-order valence-electron chi connectivity index (χ0n) is 13.9. The van der Waals surface area contributed by atoms with Crippen LogP contribution in [0.15, 0.2) is 24.3 Å². The summed E-state index contributed by atoms with van der Waals surface area (Å²) >= 11 is 0. The van der Waals surface area contributed by atoms with Crippen molar-refractivity contribution in [2.45, 2.75) is 50.7 Å². The average molecular weight is 328 g/mol. The lowest BCUT2D eigenvalue weighted by molar-refractivity contribution is -0.117. The van der Waals surface area contributed by atoms with Crippen LogP contribution in [0, 0.1) is 5.92 Å². The van der Waals surface area contributed by atoms with Gasteiger partial charge < -0.3 is 15.0 Å². The number of ether oxygens (including phenoxy) is 1. The maximum absolute atomic E-state index is 12.9. The third kappa shape index (κ3) is 3.18. The molecule has 2 saturated carbocycles. The van der Waals surface area contributed by atoms with Gasteiger partial charge in [0.15, 0.2) is 0 Å². The molecule has 0 radical (unpaired) electrons. The molecule has 1 N–H and O–H groups in total. The molecule has 2 atom stereocenters. The maximum atomic E-state index is 12.9. The van der Waals surface area contributed by atoms with Gasteiger partial charge in [-0.25, -0.2) is 0 Å². The van der Waals surface area contributed by atoms with Gasteiger partial charge in [0.2, 0.25) is 5.91 Å². The second-order valence-electron chi connectivity index (χ2n) is 7.10. The van der Waals surface area contributed by atoms with E-state index in [4.69, 9.17) is 4.74 Å². The molecule has 0 spiro atoms. The number of hydrogen-bond donors (Lipinski definition) is 1. The standard InChI is InChI=1S/C19H24N2O3/c22-18(13-5-6-13)20-15-9-7-14(8-10-15)19(23)21-11-12-24-17-4-2-1-3-16(17)21/h7-10,13,16-17H,1-6,11-12H2,(H,20,22)/t16-,17-/m1/s1. The summed E-state index contributed by atoms with van der Waals surface area (Å²) in [6.45, 7) is 1.29. The number of nitrogens with zero attached hydrogens (tertiary/aromatic N) is 1. The molecular formula is C19H24N2O3. The minimum absolute atomic E-state index is 0.0790. The van der Waals surface area contributed by atoms with E-state index in [0.717, 1.165) is 31.4 Å². The molecule has 128 valence electrons. The van der Waals surface area contributed by atoms with Crippen LogP contribution in [0.25, 0.3) is 0 Å². The lowest BCUT2D eigenvalue weighted by Gasteiger charge is -2.43. The van der Waals surface area contributed by atoms with Gasteiger partial charge in [0.05, 0.1) is 18.8 Å². The molecule has 5 nitrogen and oxygen atoms in total. The van der Waals surface area contributed by atoms with Gasteiger partial charge in [0.25, 0.3) is 5.91 Å². The third-order valence-corrected chi connectivity index (χ3v) is 5.34. The molecule has 24 heavy (non-hydrogen) atoms. The Labute approximate surface area is 142 Å². The van der Waals surface area contributed by atoms with Crippen molar-refractivity contribution in [3.05, 3.63) is 29.8 Å². The normalized spacial score (nSPS) is 26.6. The van der Waals surface area contributed by atoms with Gasteiger partial charge in [-0.05, 0) is 49.9 Å². The highest BCUT2D eigenvalue weighted by molar-refractivity contribution is 5.97. The van der Waals surface area contributed by atoms with E-state index < -0.39 is 0 Å². The highest BCUT2D eigenvalue weighted by atomic mass is 16.5. The molecule has 1 aliphatic heterocycles. The van der Waals surface area contributed by atoms with Crippen molar-refractivity contribution in [3.63, 3.8) is 0 Å².